The molecule has 1 aromatic rings. The maximum Gasteiger partial charge on any atom is 0.255 e. The first-order chi connectivity index (χ1) is 16.1. The van der Waals surface area contributed by atoms with E-state index >= 15 is 0 Å². The summed E-state index contributed by atoms with van der Waals surface area (Å²) in [6.45, 7) is 1.70. The maximum absolute atomic E-state index is 13.9. The van der Waals surface area contributed by atoms with Crippen molar-refractivity contribution in [2.75, 3.05) is 25.1 Å². The Hall–Kier alpha value is -3.37. The molecule has 1 heterocycles. The zero-order valence-electron chi connectivity index (χ0n) is 18.7. The smallest absolute Gasteiger partial charge is 0.255 e. The van der Waals surface area contributed by atoms with Crippen LogP contribution in [0.1, 0.15) is 30.4 Å². The van der Waals surface area contributed by atoms with Crippen molar-refractivity contribution in [2.45, 2.75) is 37.3 Å². The van der Waals surface area contributed by atoms with Crippen LogP contribution >= 0.6 is 0 Å². The number of anilines is 1. The number of nitrogens with two attached hydrogens (primary N) is 2. The van der Waals surface area contributed by atoms with Crippen LogP contribution in [-0.2, 0) is 25.5 Å². The number of primary amides is 1. The molecule has 0 spiro atoms. The van der Waals surface area contributed by atoms with Crippen molar-refractivity contribution in [1.29, 1.82) is 0 Å². The molecule has 4 aliphatic rings. The van der Waals surface area contributed by atoms with Crippen molar-refractivity contribution < 1.29 is 34.4 Å². The number of fused-ring (bicyclic) bond motifs is 3. The molecule has 2 fully saturated rings. The number of Topliss-reactive ketones (excluding diaryl/α,β-unsaturated/α-hetero) is 2. The monoisotopic (exact) mass is 469 g/mol. The summed E-state index contributed by atoms with van der Waals surface area (Å²) >= 11 is 0. The van der Waals surface area contributed by atoms with E-state index in [0.29, 0.717) is 6.42 Å². The number of phenolic OH excluding ortho intramolecular Hbond substituents is 1. The lowest BCUT2D eigenvalue weighted by atomic mass is 9.57. The number of benzene rings is 1. The first kappa shape index (κ1) is 22.4. The van der Waals surface area contributed by atoms with Crippen molar-refractivity contribution in [3.8, 4) is 5.75 Å². The summed E-state index contributed by atoms with van der Waals surface area (Å²) in [5.41, 5.74) is 10.3. The second-order valence-electron chi connectivity index (χ2n) is 9.40. The Morgan fingerprint density at radius 2 is 1.85 bits per heavy atom. The molecule has 1 saturated heterocycles. The van der Waals surface area contributed by atoms with E-state index in [1.54, 1.807) is 0 Å². The zero-order valence-corrected chi connectivity index (χ0v) is 18.7. The van der Waals surface area contributed by atoms with Crippen molar-refractivity contribution in [1.82, 2.24) is 0 Å². The lowest BCUT2D eigenvalue weighted by Gasteiger charge is -2.50. The van der Waals surface area contributed by atoms with Crippen LogP contribution in [0.5, 0.6) is 5.75 Å². The molecule has 0 bridgehead atoms. The van der Waals surface area contributed by atoms with E-state index in [2.05, 4.69) is 4.90 Å². The van der Waals surface area contributed by atoms with Crippen molar-refractivity contribution in [3.05, 3.63) is 40.2 Å². The van der Waals surface area contributed by atoms with Gasteiger partial charge in [0, 0.05) is 37.4 Å². The normalized spacial score (nSPS) is 30.9. The third kappa shape index (κ3) is 2.72. The number of carbonyl (C=O) groups excluding carboxylic acids is 3. The van der Waals surface area contributed by atoms with Gasteiger partial charge in [0.25, 0.3) is 5.91 Å². The average molecular weight is 469 g/mol. The van der Waals surface area contributed by atoms with Gasteiger partial charge < -0.3 is 36.4 Å². The Morgan fingerprint density at radius 1 is 1.18 bits per heavy atom. The number of hydrogen-bond donors (Lipinski definition) is 5. The standard InChI is InChI=1S/C24H27N3O7/c1-34-24-12(18(25)20(30)17(22(24)32)23(26)33)9-10-8-11-13(27-6-2-3-7-27)4-5-14(28)16(11)19(29)15(10)21(24)31/h4-5,10,12,18,28-29,32H,2-3,6-9,25H2,1H3,(H2,26,33)/t10-,12-,18+,24-/m0/s1. The number of rotatable bonds is 3. The van der Waals surface area contributed by atoms with Crippen LogP contribution in [0, 0.1) is 11.8 Å². The first-order valence-corrected chi connectivity index (χ1v) is 11.3. The zero-order chi connectivity index (χ0) is 24.5. The average Bonchev–Trinajstić information content (AvgIpc) is 3.32. The third-order valence-corrected chi connectivity index (χ3v) is 7.85. The molecule has 10 nitrogen and oxygen atoms in total. The highest BCUT2D eigenvalue weighted by atomic mass is 16.5. The fourth-order valence-corrected chi connectivity index (χ4v) is 6.27. The quantitative estimate of drug-likeness (QED) is 0.397. The number of carbonyl (C=O) groups is 3. The molecule has 4 atom stereocenters. The molecular weight excluding hydrogens is 442 g/mol. The molecule has 180 valence electrons. The SMILES string of the molecule is CO[C@]12C(=O)C3=C(O)c4c(O)ccc(N5CCCC5)c4C[C@H]3C[C@H]1[C@@H](N)C(=O)C(C(N)=O)=C2O. The highest BCUT2D eigenvalue weighted by Crippen LogP contribution is 2.54. The van der Waals surface area contributed by atoms with E-state index in [9.17, 15) is 29.7 Å². The summed E-state index contributed by atoms with van der Waals surface area (Å²) in [7, 11) is 1.17. The van der Waals surface area contributed by atoms with Crippen LogP contribution in [0.4, 0.5) is 5.69 Å². The molecule has 0 radical (unpaired) electrons. The molecule has 0 unspecified atom stereocenters. The Bertz CT molecular complexity index is 1200. The van der Waals surface area contributed by atoms with Gasteiger partial charge in [-0.1, -0.05) is 0 Å². The molecule has 1 aliphatic heterocycles. The van der Waals surface area contributed by atoms with Gasteiger partial charge in [-0.05, 0) is 49.3 Å². The summed E-state index contributed by atoms with van der Waals surface area (Å²) in [4.78, 5) is 40.8. The van der Waals surface area contributed by atoms with Crippen LogP contribution in [0.25, 0.3) is 5.76 Å². The molecule has 1 aromatic carbocycles. The van der Waals surface area contributed by atoms with E-state index in [-0.39, 0.29) is 23.3 Å². The number of ether oxygens (including phenoxy) is 1. The highest BCUT2D eigenvalue weighted by molar-refractivity contribution is 6.24. The molecule has 5 rings (SSSR count). The summed E-state index contributed by atoms with van der Waals surface area (Å²) < 4.78 is 5.51. The number of aliphatic hydroxyl groups is 2. The number of ketones is 2. The van der Waals surface area contributed by atoms with Crippen molar-refractivity contribution in [2.24, 2.45) is 23.3 Å². The van der Waals surface area contributed by atoms with Crippen LogP contribution in [0.2, 0.25) is 0 Å². The van der Waals surface area contributed by atoms with Crippen molar-refractivity contribution in [3.63, 3.8) is 0 Å². The van der Waals surface area contributed by atoms with Crippen LogP contribution in [0.15, 0.2) is 29.0 Å². The van der Waals surface area contributed by atoms with Gasteiger partial charge in [-0.15, -0.1) is 0 Å². The number of aliphatic hydroxyl groups excluding tert-OH is 2. The van der Waals surface area contributed by atoms with Crippen LogP contribution in [0.3, 0.4) is 0 Å². The lowest BCUT2D eigenvalue weighted by Crippen LogP contribution is -2.66. The van der Waals surface area contributed by atoms with E-state index in [1.165, 1.54) is 13.2 Å². The number of methoxy groups -OCH3 is 1. The number of aromatic hydroxyl groups is 1. The fraction of sp³-hybridized carbons (Fsp3) is 0.458. The van der Waals surface area contributed by atoms with Gasteiger partial charge in [0.2, 0.25) is 5.78 Å². The summed E-state index contributed by atoms with van der Waals surface area (Å²) in [6, 6.07) is 1.99. The minimum Gasteiger partial charge on any atom is -0.508 e. The summed E-state index contributed by atoms with van der Waals surface area (Å²) in [6.07, 6.45) is 2.53. The molecule has 1 saturated carbocycles. The van der Waals surface area contributed by atoms with E-state index in [4.69, 9.17) is 16.2 Å². The van der Waals surface area contributed by atoms with Gasteiger partial charge in [0.05, 0.1) is 11.6 Å². The van der Waals surface area contributed by atoms with E-state index < -0.39 is 58.0 Å². The minimum atomic E-state index is -2.14. The highest BCUT2D eigenvalue weighted by Gasteiger charge is 2.64. The van der Waals surface area contributed by atoms with Gasteiger partial charge in [-0.3, -0.25) is 14.4 Å². The maximum atomic E-state index is 13.9. The number of phenols is 1. The number of hydrogen-bond acceptors (Lipinski definition) is 9. The van der Waals surface area contributed by atoms with Gasteiger partial charge in [0.15, 0.2) is 11.4 Å². The molecule has 10 heteroatoms. The van der Waals surface area contributed by atoms with Crippen molar-refractivity contribution >= 4 is 28.9 Å². The Kier molecular flexibility index (Phi) is 4.99. The van der Waals surface area contributed by atoms with E-state index in [1.807, 2.05) is 6.07 Å². The van der Waals surface area contributed by atoms with Gasteiger partial charge in [-0.2, -0.15) is 0 Å². The van der Waals surface area contributed by atoms with E-state index in [0.717, 1.165) is 37.2 Å². The number of nitrogens with zero attached hydrogens (tertiary/aromatic N) is 1. The molecule has 1 amide bonds. The Labute approximate surface area is 195 Å². The van der Waals surface area contributed by atoms with Gasteiger partial charge in [-0.25, -0.2) is 0 Å². The topological polar surface area (TPSA) is 176 Å². The Balaban J connectivity index is 1.73. The van der Waals surface area contributed by atoms with Gasteiger partial charge >= 0.3 is 0 Å². The molecule has 0 aromatic heterocycles. The minimum absolute atomic E-state index is 0.0311. The predicted molar refractivity (Wildman–Crippen MR) is 121 cm³/mol. The van der Waals surface area contributed by atoms with Crippen LogP contribution in [-0.4, -0.2) is 64.6 Å². The molecular formula is C24H27N3O7. The summed E-state index contributed by atoms with van der Waals surface area (Å²) in [5.74, 6) is -5.83. The predicted octanol–water partition coefficient (Wildman–Crippen LogP) is 0.615. The van der Waals surface area contributed by atoms with Crippen LogP contribution < -0.4 is 16.4 Å². The fourth-order valence-electron chi connectivity index (χ4n) is 6.27. The number of amides is 1. The lowest BCUT2D eigenvalue weighted by molar-refractivity contribution is -0.154. The second kappa shape index (κ2) is 7.57. The Morgan fingerprint density at radius 3 is 2.47 bits per heavy atom. The first-order valence-electron chi connectivity index (χ1n) is 11.3. The molecule has 7 N–H and O–H groups in total. The second-order valence-corrected chi connectivity index (χ2v) is 9.40. The molecule has 34 heavy (non-hydrogen) atoms. The summed E-state index contributed by atoms with van der Waals surface area (Å²) in [5, 5.41) is 32.9. The third-order valence-electron chi connectivity index (χ3n) is 7.85. The molecule has 3 aliphatic carbocycles. The van der Waals surface area contributed by atoms with Gasteiger partial charge in [0.1, 0.15) is 22.8 Å². The largest absolute Gasteiger partial charge is 0.508 e.